The summed E-state index contributed by atoms with van der Waals surface area (Å²) < 4.78 is 12.7. The molecule has 3 aromatic rings. The summed E-state index contributed by atoms with van der Waals surface area (Å²) in [6.45, 7) is 4.08. The van der Waals surface area contributed by atoms with Gasteiger partial charge in [0.05, 0.1) is 25.5 Å². The summed E-state index contributed by atoms with van der Waals surface area (Å²) in [5.74, 6) is 0.943. The van der Waals surface area contributed by atoms with E-state index in [0.29, 0.717) is 30.6 Å². The van der Waals surface area contributed by atoms with Crippen LogP contribution >= 0.6 is 0 Å². The van der Waals surface area contributed by atoms with Crippen LogP contribution in [0.2, 0.25) is 0 Å². The van der Waals surface area contributed by atoms with Crippen LogP contribution in [0.3, 0.4) is 0 Å². The van der Waals surface area contributed by atoms with Crippen molar-refractivity contribution in [3.63, 3.8) is 0 Å². The van der Waals surface area contributed by atoms with Crippen molar-refractivity contribution in [2.45, 2.75) is 25.6 Å². The lowest BCUT2D eigenvalue weighted by Crippen LogP contribution is -2.40. The average molecular weight is 326 g/mol. The highest BCUT2D eigenvalue weighted by atomic mass is 16.5. The molecule has 1 aliphatic heterocycles. The Hall–Kier alpha value is -2.58. The molecule has 0 bridgehead atoms. The third-order valence-corrected chi connectivity index (χ3v) is 3.98. The van der Waals surface area contributed by atoms with E-state index in [4.69, 9.17) is 9.26 Å². The lowest BCUT2D eigenvalue weighted by molar-refractivity contribution is -0.00136. The molecule has 1 aliphatic rings. The number of aromatic nitrogens is 5. The Kier molecular flexibility index (Phi) is 4.06. The van der Waals surface area contributed by atoms with Crippen LogP contribution in [0.4, 0.5) is 0 Å². The number of nitrogens with zero attached hydrogens (tertiary/aromatic N) is 5. The highest BCUT2D eigenvalue weighted by Gasteiger charge is 2.28. The van der Waals surface area contributed by atoms with Crippen LogP contribution < -0.4 is 5.32 Å². The Morgan fingerprint density at radius 1 is 1.29 bits per heavy atom. The minimum atomic E-state index is -0.0978. The highest BCUT2D eigenvalue weighted by molar-refractivity contribution is 5.45. The number of nitrogens with one attached hydrogen (secondary N) is 1. The second kappa shape index (κ2) is 6.50. The third kappa shape index (κ3) is 3.06. The summed E-state index contributed by atoms with van der Waals surface area (Å²) in [6.07, 6.45) is 1.80. The van der Waals surface area contributed by atoms with Gasteiger partial charge in [0, 0.05) is 6.54 Å². The van der Waals surface area contributed by atoms with Crippen molar-refractivity contribution in [2.75, 3.05) is 13.2 Å². The largest absolute Gasteiger partial charge is 0.375 e. The first kappa shape index (κ1) is 15.0. The van der Waals surface area contributed by atoms with E-state index < -0.39 is 0 Å². The van der Waals surface area contributed by atoms with Crippen molar-refractivity contribution in [3.8, 4) is 11.5 Å². The quantitative estimate of drug-likeness (QED) is 0.775. The number of ether oxygens (including phenoxy) is 1. The predicted molar refractivity (Wildman–Crippen MR) is 85.0 cm³/mol. The van der Waals surface area contributed by atoms with E-state index in [9.17, 15) is 0 Å². The van der Waals surface area contributed by atoms with Gasteiger partial charge in [-0.15, -0.1) is 5.10 Å². The van der Waals surface area contributed by atoms with Gasteiger partial charge in [0.15, 0.2) is 5.69 Å². The molecule has 3 heterocycles. The van der Waals surface area contributed by atoms with E-state index >= 15 is 0 Å². The Labute approximate surface area is 138 Å². The van der Waals surface area contributed by atoms with Crippen LogP contribution in [0, 0.1) is 0 Å². The Morgan fingerprint density at radius 3 is 3.00 bits per heavy atom. The van der Waals surface area contributed by atoms with E-state index in [0.717, 1.165) is 12.1 Å². The van der Waals surface area contributed by atoms with E-state index in [1.54, 1.807) is 4.68 Å². The van der Waals surface area contributed by atoms with Crippen molar-refractivity contribution in [3.05, 3.63) is 48.0 Å². The van der Waals surface area contributed by atoms with Crippen LogP contribution in [0.1, 0.15) is 24.4 Å². The Bertz CT molecular complexity index is 800. The van der Waals surface area contributed by atoms with Crippen molar-refractivity contribution in [2.24, 2.45) is 0 Å². The molecular formula is C16H18N6O2. The molecule has 24 heavy (non-hydrogen) atoms. The number of hydrogen-bond acceptors (Lipinski definition) is 7. The van der Waals surface area contributed by atoms with Gasteiger partial charge in [0.1, 0.15) is 6.04 Å². The lowest BCUT2D eigenvalue weighted by Gasteiger charge is -2.27. The van der Waals surface area contributed by atoms with Crippen molar-refractivity contribution in [1.82, 2.24) is 30.5 Å². The standard InChI is InChI=1S/C16H18N6O2/c1-11-14(17-7-8-23-11)16-18-15(20-24-16)13-10-22(21-19-13)9-12-5-3-2-4-6-12/h2-6,10-11,14,17H,7-9H2,1H3/t11-,14+/m1/s1. The molecule has 0 aliphatic carbocycles. The Balaban J connectivity index is 1.50. The summed E-state index contributed by atoms with van der Waals surface area (Å²) >= 11 is 0. The number of morpholine rings is 1. The van der Waals surface area contributed by atoms with Gasteiger partial charge in [-0.25, -0.2) is 4.68 Å². The van der Waals surface area contributed by atoms with Gasteiger partial charge >= 0.3 is 0 Å². The maximum Gasteiger partial charge on any atom is 0.246 e. The van der Waals surface area contributed by atoms with Crippen LogP contribution in [-0.2, 0) is 11.3 Å². The zero-order valence-electron chi connectivity index (χ0n) is 13.3. The summed E-state index contributed by atoms with van der Waals surface area (Å²) in [7, 11) is 0. The summed E-state index contributed by atoms with van der Waals surface area (Å²) in [5.41, 5.74) is 1.74. The SMILES string of the molecule is C[C@H]1OCCN[C@@H]1c1nc(-c2cn(Cc3ccccc3)nn2)no1. The van der Waals surface area contributed by atoms with E-state index in [1.165, 1.54) is 0 Å². The summed E-state index contributed by atoms with van der Waals surface area (Å²) in [4.78, 5) is 4.44. The molecule has 124 valence electrons. The van der Waals surface area contributed by atoms with Gasteiger partial charge in [-0.1, -0.05) is 40.7 Å². The van der Waals surface area contributed by atoms with Crippen LogP contribution in [0.25, 0.3) is 11.5 Å². The lowest BCUT2D eigenvalue weighted by atomic mass is 10.1. The smallest absolute Gasteiger partial charge is 0.246 e. The molecule has 0 unspecified atom stereocenters. The minimum absolute atomic E-state index is 0.0131. The normalized spacial score (nSPS) is 21.0. The zero-order valence-corrected chi connectivity index (χ0v) is 13.3. The second-order valence-electron chi connectivity index (χ2n) is 5.75. The van der Waals surface area contributed by atoms with Gasteiger partial charge < -0.3 is 14.6 Å². The van der Waals surface area contributed by atoms with Gasteiger partial charge in [0.2, 0.25) is 11.7 Å². The summed E-state index contributed by atoms with van der Waals surface area (Å²) in [5, 5.41) is 15.6. The minimum Gasteiger partial charge on any atom is -0.375 e. The van der Waals surface area contributed by atoms with Crippen LogP contribution in [-0.4, -0.2) is 44.4 Å². The Morgan fingerprint density at radius 2 is 2.17 bits per heavy atom. The molecule has 4 rings (SSSR count). The average Bonchev–Trinajstić information content (AvgIpc) is 3.25. The number of hydrogen-bond donors (Lipinski definition) is 1. The van der Waals surface area contributed by atoms with Crippen LogP contribution in [0.5, 0.6) is 0 Å². The molecule has 0 radical (unpaired) electrons. The molecular weight excluding hydrogens is 308 g/mol. The maximum absolute atomic E-state index is 5.61. The van der Waals surface area contributed by atoms with E-state index in [2.05, 4.69) is 25.8 Å². The fourth-order valence-electron chi connectivity index (χ4n) is 2.72. The van der Waals surface area contributed by atoms with Gasteiger partial charge in [-0.3, -0.25) is 0 Å². The molecule has 0 saturated carbocycles. The van der Waals surface area contributed by atoms with Crippen molar-refractivity contribution in [1.29, 1.82) is 0 Å². The fourth-order valence-corrected chi connectivity index (χ4v) is 2.72. The van der Waals surface area contributed by atoms with Gasteiger partial charge in [-0.05, 0) is 12.5 Å². The third-order valence-electron chi connectivity index (χ3n) is 3.98. The van der Waals surface area contributed by atoms with E-state index in [1.807, 2.05) is 43.5 Å². The first-order valence-electron chi connectivity index (χ1n) is 7.92. The zero-order chi connectivity index (χ0) is 16.4. The molecule has 2 aromatic heterocycles. The highest BCUT2D eigenvalue weighted by Crippen LogP contribution is 2.22. The van der Waals surface area contributed by atoms with Gasteiger partial charge in [0.25, 0.3) is 0 Å². The summed E-state index contributed by atoms with van der Waals surface area (Å²) in [6, 6.07) is 9.98. The topological polar surface area (TPSA) is 90.9 Å². The molecule has 1 fully saturated rings. The van der Waals surface area contributed by atoms with Crippen molar-refractivity contribution < 1.29 is 9.26 Å². The molecule has 0 amide bonds. The first-order chi connectivity index (χ1) is 11.8. The van der Waals surface area contributed by atoms with Gasteiger partial charge in [-0.2, -0.15) is 4.98 Å². The molecule has 1 N–H and O–H groups in total. The van der Waals surface area contributed by atoms with Crippen LogP contribution in [0.15, 0.2) is 41.1 Å². The predicted octanol–water partition coefficient (Wildman–Crippen LogP) is 1.43. The maximum atomic E-state index is 5.61. The van der Waals surface area contributed by atoms with E-state index in [-0.39, 0.29) is 12.1 Å². The molecule has 0 spiro atoms. The van der Waals surface area contributed by atoms with Crippen molar-refractivity contribution >= 4 is 0 Å². The molecule has 8 heteroatoms. The molecule has 2 atom stereocenters. The fraction of sp³-hybridized carbons (Fsp3) is 0.375. The molecule has 1 aromatic carbocycles. The second-order valence-corrected chi connectivity index (χ2v) is 5.75. The molecule has 1 saturated heterocycles. The first-order valence-corrected chi connectivity index (χ1v) is 7.92. The monoisotopic (exact) mass is 326 g/mol. The number of benzene rings is 1. The molecule has 8 nitrogen and oxygen atoms in total. The number of rotatable bonds is 4.